The number of nitrogens with zero attached hydrogens (tertiary/aromatic N) is 3. The van der Waals surface area contributed by atoms with Crippen molar-refractivity contribution in [2.24, 2.45) is 0 Å². The highest BCUT2D eigenvalue weighted by molar-refractivity contribution is 8.13. The van der Waals surface area contributed by atoms with Crippen LogP contribution in [0.3, 0.4) is 0 Å². The third-order valence-corrected chi connectivity index (χ3v) is 4.00. The van der Waals surface area contributed by atoms with E-state index in [-0.39, 0.29) is 11.3 Å². The number of carbonyl (C=O) groups excluding carboxylic acids is 1. The number of carbonyl (C=O) groups is 1. The molecule has 2 rings (SSSR count). The topological polar surface area (TPSA) is 64.6 Å². The van der Waals surface area contributed by atoms with Crippen LogP contribution in [0.4, 0.5) is 4.79 Å². The van der Waals surface area contributed by atoms with Crippen molar-refractivity contribution in [1.82, 2.24) is 14.3 Å². The molecular weight excluding hydrogens is 274 g/mol. The van der Waals surface area contributed by atoms with E-state index in [9.17, 15) is 4.79 Å². The molecule has 0 atom stereocenters. The Morgan fingerprint density at radius 1 is 1.50 bits per heavy atom. The molecule has 1 aliphatic rings. The van der Waals surface area contributed by atoms with Crippen LogP contribution < -0.4 is 4.74 Å². The summed E-state index contributed by atoms with van der Waals surface area (Å²) in [5.74, 6) is 0. The molecule has 1 aliphatic heterocycles. The zero-order valence-electron chi connectivity index (χ0n) is 10.3. The molecule has 6 nitrogen and oxygen atoms in total. The summed E-state index contributed by atoms with van der Waals surface area (Å²) in [6, 6.07) is 0. The summed E-state index contributed by atoms with van der Waals surface area (Å²) in [6.07, 6.45) is 1.89. The van der Waals surface area contributed by atoms with Gasteiger partial charge in [-0.3, -0.25) is 4.79 Å². The molecule has 1 amide bonds. The number of ether oxygens (including phenoxy) is 2. The van der Waals surface area contributed by atoms with Gasteiger partial charge in [0.2, 0.25) is 5.16 Å². The molecule has 0 spiro atoms. The Morgan fingerprint density at radius 2 is 2.22 bits per heavy atom. The van der Waals surface area contributed by atoms with Gasteiger partial charge in [-0.15, -0.1) is 0 Å². The molecule has 0 N–H and O–H groups in total. The van der Waals surface area contributed by atoms with Crippen LogP contribution in [0.15, 0.2) is 5.16 Å². The minimum absolute atomic E-state index is 0.0922. The average Bonchev–Trinajstić information content (AvgIpc) is 2.77. The van der Waals surface area contributed by atoms with Crippen molar-refractivity contribution in [3.05, 3.63) is 0 Å². The monoisotopic (exact) mass is 289 g/mol. The molecular formula is C10H15N3O3S2. The zero-order valence-corrected chi connectivity index (χ0v) is 11.9. The first-order chi connectivity index (χ1) is 8.65. The molecule has 0 aliphatic carbocycles. The summed E-state index contributed by atoms with van der Waals surface area (Å²) in [4.78, 5) is 17.1. The van der Waals surface area contributed by atoms with Gasteiger partial charge in [0.25, 0.3) is 10.4 Å². The van der Waals surface area contributed by atoms with E-state index in [4.69, 9.17) is 9.47 Å². The maximum atomic E-state index is 11.5. The number of rotatable bonds is 3. The third-order valence-electron chi connectivity index (χ3n) is 2.37. The maximum Gasteiger partial charge on any atom is 0.294 e. The standard InChI is InChI=1S/C10H15N3O3S2/c1-13(2)10(14)17-8-11-9(18-12-8)16-7-3-5-15-6-4-7/h7H,3-6H2,1-2H3. The Kier molecular flexibility index (Phi) is 4.79. The van der Waals surface area contributed by atoms with E-state index in [2.05, 4.69) is 9.36 Å². The molecule has 18 heavy (non-hydrogen) atoms. The third kappa shape index (κ3) is 3.82. The summed E-state index contributed by atoms with van der Waals surface area (Å²) < 4.78 is 15.1. The lowest BCUT2D eigenvalue weighted by molar-refractivity contribution is 0.0253. The molecule has 0 unspecified atom stereocenters. The summed E-state index contributed by atoms with van der Waals surface area (Å²) >= 11 is 2.19. The van der Waals surface area contributed by atoms with Crippen molar-refractivity contribution < 1.29 is 14.3 Å². The Bertz CT molecular complexity index is 405. The highest BCUT2D eigenvalue weighted by Gasteiger charge is 2.18. The molecule has 100 valence electrons. The van der Waals surface area contributed by atoms with Crippen molar-refractivity contribution >= 4 is 28.5 Å². The van der Waals surface area contributed by atoms with E-state index in [1.165, 1.54) is 16.4 Å². The van der Waals surface area contributed by atoms with E-state index in [1.54, 1.807) is 14.1 Å². The molecule has 1 aromatic rings. The molecule has 8 heteroatoms. The molecule has 2 heterocycles. The first kappa shape index (κ1) is 13.6. The number of amides is 1. The number of thioether (sulfide) groups is 1. The second-order valence-electron chi connectivity index (χ2n) is 4.03. The largest absolute Gasteiger partial charge is 0.465 e. The Labute approximate surface area is 114 Å². The molecule has 0 bridgehead atoms. The van der Waals surface area contributed by atoms with Crippen molar-refractivity contribution in [3.8, 4) is 5.19 Å². The van der Waals surface area contributed by atoms with E-state index < -0.39 is 0 Å². The molecule has 0 saturated carbocycles. The van der Waals surface area contributed by atoms with Crippen LogP contribution in [0.2, 0.25) is 0 Å². The van der Waals surface area contributed by atoms with Gasteiger partial charge >= 0.3 is 0 Å². The predicted molar refractivity (Wildman–Crippen MR) is 69.3 cm³/mol. The van der Waals surface area contributed by atoms with Gasteiger partial charge in [0.1, 0.15) is 6.10 Å². The van der Waals surface area contributed by atoms with Gasteiger partial charge in [0.15, 0.2) is 0 Å². The van der Waals surface area contributed by atoms with Gasteiger partial charge in [0, 0.05) is 50.2 Å². The normalized spacial score (nSPS) is 16.6. The van der Waals surface area contributed by atoms with Crippen LogP contribution in [-0.2, 0) is 4.74 Å². The minimum atomic E-state index is -0.0922. The number of hydrogen-bond donors (Lipinski definition) is 0. The van der Waals surface area contributed by atoms with Gasteiger partial charge in [0.05, 0.1) is 13.2 Å². The Hall–Kier alpha value is -0.860. The van der Waals surface area contributed by atoms with E-state index in [1.807, 2.05) is 0 Å². The van der Waals surface area contributed by atoms with Gasteiger partial charge in [-0.25, -0.2) is 0 Å². The highest BCUT2D eigenvalue weighted by Crippen LogP contribution is 2.25. The van der Waals surface area contributed by atoms with Gasteiger partial charge < -0.3 is 14.4 Å². The molecule has 1 saturated heterocycles. The second-order valence-corrected chi connectivity index (χ2v) is 5.67. The summed E-state index contributed by atoms with van der Waals surface area (Å²) in [5.41, 5.74) is 0. The van der Waals surface area contributed by atoms with Gasteiger partial charge in [-0.1, -0.05) is 0 Å². The summed E-state index contributed by atoms with van der Waals surface area (Å²) in [5, 5.41) is 0.877. The van der Waals surface area contributed by atoms with E-state index in [0.29, 0.717) is 10.4 Å². The van der Waals surface area contributed by atoms with Crippen LogP contribution in [-0.4, -0.2) is 52.9 Å². The van der Waals surface area contributed by atoms with Crippen LogP contribution in [0.5, 0.6) is 5.19 Å². The SMILES string of the molecule is CN(C)C(=O)Sc1nsc(OC2CCOCC2)n1. The zero-order chi connectivity index (χ0) is 13.0. The molecule has 0 aromatic carbocycles. The van der Waals surface area contributed by atoms with Gasteiger partial charge in [-0.05, 0) is 0 Å². The van der Waals surface area contributed by atoms with Crippen molar-refractivity contribution in [2.75, 3.05) is 27.3 Å². The average molecular weight is 289 g/mol. The Balaban J connectivity index is 1.87. The smallest absolute Gasteiger partial charge is 0.294 e. The lowest BCUT2D eigenvalue weighted by Gasteiger charge is -2.21. The van der Waals surface area contributed by atoms with Gasteiger partial charge in [-0.2, -0.15) is 9.36 Å². The minimum Gasteiger partial charge on any atom is -0.465 e. The van der Waals surface area contributed by atoms with Crippen molar-refractivity contribution in [2.45, 2.75) is 24.1 Å². The van der Waals surface area contributed by atoms with E-state index in [0.717, 1.165) is 37.8 Å². The lowest BCUT2D eigenvalue weighted by Crippen LogP contribution is -2.25. The van der Waals surface area contributed by atoms with Crippen LogP contribution >= 0.6 is 23.3 Å². The van der Waals surface area contributed by atoms with Crippen molar-refractivity contribution in [1.29, 1.82) is 0 Å². The van der Waals surface area contributed by atoms with Crippen LogP contribution in [0.25, 0.3) is 0 Å². The fourth-order valence-corrected chi connectivity index (χ4v) is 2.68. The quantitative estimate of drug-likeness (QED) is 0.792. The van der Waals surface area contributed by atoms with E-state index >= 15 is 0 Å². The first-order valence-corrected chi connectivity index (χ1v) is 7.21. The summed E-state index contributed by atoms with van der Waals surface area (Å²) in [7, 11) is 3.39. The second kappa shape index (κ2) is 6.35. The number of hydrogen-bond acceptors (Lipinski definition) is 7. The van der Waals surface area contributed by atoms with Crippen molar-refractivity contribution in [3.63, 3.8) is 0 Å². The lowest BCUT2D eigenvalue weighted by atomic mass is 10.2. The fourth-order valence-electron chi connectivity index (χ4n) is 1.39. The molecule has 0 radical (unpaired) electrons. The fraction of sp³-hybridized carbons (Fsp3) is 0.700. The van der Waals surface area contributed by atoms with Crippen LogP contribution in [0.1, 0.15) is 12.8 Å². The molecule has 1 fully saturated rings. The first-order valence-electron chi connectivity index (χ1n) is 5.62. The van der Waals surface area contributed by atoms with Crippen LogP contribution in [0, 0.1) is 0 Å². The number of aromatic nitrogens is 2. The Morgan fingerprint density at radius 3 is 2.89 bits per heavy atom. The predicted octanol–water partition coefficient (Wildman–Crippen LogP) is 1.87. The molecule has 1 aromatic heterocycles. The maximum absolute atomic E-state index is 11.5. The summed E-state index contributed by atoms with van der Waals surface area (Å²) in [6.45, 7) is 1.45. The highest BCUT2D eigenvalue weighted by atomic mass is 32.2.